The monoisotopic (exact) mass is 256 g/mol. The van der Waals surface area contributed by atoms with Crippen LogP contribution in [0.25, 0.3) is 0 Å². The van der Waals surface area contributed by atoms with Crippen LogP contribution in [0, 0.1) is 0 Å². The third-order valence-electron chi connectivity index (χ3n) is 2.58. The van der Waals surface area contributed by atoms with E-state index in [9.17, 15) is 14.4 Å². The van der Waals surface area contributed by atoms with Crippen molar-refractivity contribution in [3.63, 3.8) is 0 Å². The van der Waals surface area contributed by atoms with E-state index in [-0.39, 0.29) is 11.5 Å². The van der Waals surface area contributed by atoms with Gasteiger partial charge < -0.3 is 10.3 Å². The zero-order chi connectivity index (χ0) is 13.8. The zero-order valence-electron chi connectivity index (χ0n) is 10.3. The predicted molar refractivity (Wildman–Crippen MR) is 70.2 cm³/mol. The van der Waals surface area contributed by atoms with E-state index >= 15 is 0 Å². The first-order chi connectivity index (χ1) is 9.08. The molecular weight excluding hydrogens is 244 g/mol. The van der Waals surface area contributed by atoms with E-state index in [1.807, 2.05) is 0 Å². The van der Waals surface area contributed by atoms with Crippen molar-refractivity contribution in [2.45, 2.75) is 6.92 Å². The van der Waals surface area contributed by atoms with Crippen LogP contribution in [0.4, 0.5) is 5.69 Å². The number of carbonyl (C=O) groups excluding carboxylic acids is 3. The number of anilines is 1. The summed E-state index contributed by atoms with van der Waals surface area (Å²) in [4.78, 5) is 37.3. The van der Waals surface area contributed by atoms with Gasteiger partial charge in [0, 0.05) is 17.4 Å². The number of aromatic nitrogens is 1. The molecule has 0 saturated heterocycles. The quantitative estimate of drug-likeness (QED) is 0.649. The number of benzene rings is 1. The number of hydrogen-bond acceptors (Lipinski definition) is 3. The van der Waals surface area contributed by atoms with Gasteiger partial charge >= 0.3 is 0 Å². The topological polar surface area (TPSA) is 79.0 Å². The highest BCUT2D eigenvalue weighted by Gasteiger charge is 2.17. The van der Waals surface area contributed by atoms with Gasteiger partial charge in [-0.2, -0.15) is 0 Å². The van der Waals surface area contributed by atoms with Crippen LogP contribution in [0.2, 0.25) is 0 Å². The Bertz CT molecular complexity index is 630. The Kier molecular flexibility index (Phi) is 3.56. The van der Waals surface area contributed by atoms with Gasteiger partial charge in [0.15, 0.2) is 5.78 Å². The summed E-state index contributed by atoms with van der Waals surface area (Å²) < 4.78 is 0. The molecule has 0 bridgehead atoms. The Morgan fingerprint density at radius 1 is 1.11 bits per heavy atom. The second-order valence-corrected chi connectivity index (χ2v) is 4.00. The highest BCUT2D eigenvalue weighted by atomic mass is 16.2. The molecule has 0 atom stereocenters. The molecule has 2 N–H and O–H groups in total. The molecule has 5 heteroatoms. The fourth-order valence-electron chi connectivity index (χ4n) is 1.60. The summed E-state index contributed by atoms with van der Waals surface area (Å²) in [7, 11) is 0. The smallest absolute Gasteiger partial charge is 0.298 e. The maximum atomic E-state index is 11.7. The molecule has 0 radical (unpaired) electrons. The maximum absolute atomic E-state index is 11.7. The SMILES string of the molecule is CC(=O)c1cccc(NC(=O)C(=O)c2ccc[nH]2)c1. The lowest BCUT2D eigenvalue weighted by Gasteiger charge is -2.04. The lowest BCUT2D eigenvalue weighted by molar-refractivity contribution is -0.112. The van der Waals surface area contributed by atoms with Gasteiger partial charge in [0.2, 0.25) is 0 Å². The molecule has 1 aromatic heterocycles. The normalized spacial score (nSPS) is 9.95. The first-order valence-corrected chi connectivity index (χ1v) is 5.68. The lowest BCUT2D eigenvalue weighted by atomic mass is 10.1. The van der Waals surface area contributed by atoms with Crippen LogP contribution in [-0.2, 0) is 4.79 Å². The Hall–Kier alpha value is -2.69. The molecule has 0 aliphatic carbocycles. The molecule has 96 valence electrons. The van der Waals surface area contributed by atoms with E-state index in [4.69, 9.17) is 0 Å². The van der Waals surface area contributed by atoms with Gasteiger partial charge in [0.05, 0.1) is 5.69 Å². The van der Waals surface area contributed by atoms with Gasteiger partial charge in [-0.15, -0.1) is 0 Å². The minimum Gasteiger partial charge on any atom is -0.358 e. The molecule has 1 aromatic carbocycles. The number of H-pyrrole nitrogens is 1. The Balaban J connectivity index is 2.13. The first-order valence-electron chi connectivity index (χ1n) is 5.68. The summed E-state index contributed by atoms with van der Waals surface area (Å²) in [6.07, 6.45) is 1.57. The van der Waals surface area contributed by atoms with Crippen LogP contribution in [0.15, 0.2) is 42.6 Å². The number of aromatic amines is 1. The Morgan fingerprint density at radius 3 is 2.53 bits per heavy atom. The van der Waals surface area contributed by atoms with Crippen LogP contribution in [0.3, 0.4) is 0 Å². The summed E-state index contributed by atoms with van der Waals surface area (Å²) in [6, 6.07) is 9.59. The van der Waals surface area contributed by atoms with Crippen molar-refractivity contribution in [2.24, 2.45) is 0 Å². The number of amides is 1. The van der Waals surface area contributed by atoms with Crippen LogP contribution in [0.5, 0.6) is 0 Å². The summed E-state index contributed by atoms with van der Waals surface area (Å²) in [5, 5.41) is 2.46. The molecule has 0 aliphatic rings. The molecular formula is C14H12N2O3. The van der Waals surface area contributed by atoms with Crippen molar-refractivity contribution >= 4 is 23.2 Å². The summed E-state index contributed by atoms with van der Waals surface area (Å²) >= 11 is 0. The fraction of sp³-hybridized carbons (Fsp3) is 0.0714. The Morgan fingerprint density at radius 2 is 1.89 bits per heavy atom. The van der Waals surface area contributed by atoms with Crippen molar-refractivity contribution in [1.82, 2.24) is 4.98 Å². The van der Waals surface area contributed by atoms with E-state index in [1.165, 1.54) is 19.1 Å². The second kappa shape index (κ2) is 5.30. The minimum atomic E-state index is -0.747. The minimum absolute atomic E-state index is 0.105. The van der Waals surface area contributed by atoms with Crippen molar-refractivity contribution in [3.8, 4) is 0 Å². The molecule has 0 fully saturated rings. The molecule has 1 amide bonds. The van der Waals surface area contributed by atoms with Gasteiger partial charge in [0.25, 0.3) is 11.7 Å². The number of rotatable bonds is 4. The van der Waals surface area contributed by atoms with Crippen molar-refractivity contribution in [3.05, 3.63) is 53.9 Å². The zero-order valence-corrected chi connectivity index (χ0v) is 10.3. The largest absolute Gasteiger partial charge is 0.358 e. The number of nitrogens with one attached hydrogen (secondary N) is 2. The summed E-state index contributed by atoms with van der Waals surface area (Å²) in [5.74, 6) is -1.51. The molecule has 19 heavy (non-hydrogen) atoms. The molecule has 5 nitrogen and oxygen atoms in total. The van der Waals surface area contributed by atoms with Crippen molar-refractivity contribution < 1.29 is 14.4 Å². The summed E-state index contributed by atoms with van der Waals surface area (Å²) in [6.45, 7) is 1.44. The average molecular weight is 256 g/mol. The second-order valence-electron chi connectivity index (χ2n) is 4.00. The third-order valence-corrected chi connectivity index (χ3v) is 2.58. The van der Waals surface area contributed by atoms with Gasteiger partial charge in [-0.25, -0.2) is 0 Å². The van der Waals surface area contributed by atoms with Crippen molar-refractivity contribution in [2.75, 3.05) is 5.32 Å². The summed E-state index contributed by atoms with van der Waals surface area (Å²) in [5.41, 5.74) is 1.11. The van der Waals surface area contributed by atoms with Gasteiger partial charge in [-0.05, 0) is 31.2 Å². The molecule has 1 heterocycles. The number of ketones is 2. The third kappa shape index (κ3) is 2.95. The predicted octanol–water partition coefficient (Wildman–Crippen LogP) is 2.04. The van der Waals surface area contributed by atoms with E-state index in [0.717, 1.165) is 0 Å². The van der Waals surface area contributed by atoms with Crippen LogP contribution in [0.1, 0.15) is 27.8 Å². The molecule has 0 unspecified atom stereocenters. The van der Waals surface area contributed by atoms with Crippen LogP contribution in [-0.4, -0.2) is 22.5 Å². The number of hydrogen-bond donors (Lipinski definition) is 2. The molecule has 0 spiro atoms. The van der Waals surface area contributed by atoms with Crippen LogP contribution < -0.4 is 5.32 Å². The van der Waals surface area contributed by atoms with E-state index in [0.29, 0.717) is 11.3 Å². The van der Waals surface area contributed by atoms with Gasteiger partial charge in [0.1, 0.15) is 0 Å². The standard InChI is InChI=1S/C14H12N2O3/c1-9(17)10-4-2-5-11(8-10)16-14(19)13(18)12-6-3-7-15-12/h2-8,15H,1H3,(H,16,19). The number of Topliss-reactive ketones (excluding diaryl/α,β-unsaturated/α-hetero) is 2. The number of carbonyl (C=O) groups is 3. The maximum Gasteiger partial charge on any atom is 0.298 e. The molecule has 0 saturated carbocycles. The first kappa shape index (κ1) is 12.8. The fourth-order valence-corrected chi connectivity index (χ4v) is 1.60. The highest BCUT2D eigenvalue weighted by Crippen LogP contribution is 2.11. The molecule has 0 aliphatic heterocycles. The molecule has 2 aromatic rings. The van der Waals surface area contributed by atoms with Crippen LogP contribution >= 0.6 is 0 Å². The van der Waals surface area contributed by atoms with Crippen molar-refractivity contribution in [1.29, 1.82) is 0 Å². The Labute approximate surface area is 109 Å². The van der Waals surface area contributed by atoms with Gasteiger partial charge in [-0.3, -0.25) is 14.4 Å². The van der Waals surface area contributed by atoms with E-state index < -0.39 is 11.7 Å². The van der Waals surface area contributed by atoms with E-state index in [2.05, 4.69) is 10.3 Å². The van der Waals surface area contributed by atoms with E-state index in [1.54, 1.807) is 30.5 Å². The highest BCUT2D eigenvalue weighted by molar-refractivity contribution is 6.46. The average Bonchev–Trinajstić information content (AvgIpc) is 2.92. The lowest BCUT2D eigenvalue weighted by Crippen LogP contribution is -2.23. The molecule has 2 rings (SSSR count). The van der Waals surface area contributed by atoms with Gasteiger partial charge in [-0.1, -0.05) is 12.1 Å².